The zero-order valence-electron chi connectivity index (χ0n) is 15.9. The van der Waals surface area contributed by atoms with Crippen molar-refractivity contribution in [3.63, 3.8) is 0 Å². The van der Waals surface area contributed by atoms with Crippen molar-refractivity contribution in [2.45, 2.75) is 0 Å². The van der Waals surface area contributed by atoms with E-state index in [1.54, 1.807) is 6.07 Å². The molecule has 4 aromatic rings. The Morgan fingerprint density at radius 2 is 1.63 bits per heavy atom. The second-order valence-electron chi connectivity index (χ2n) is 6.38. The first-order valence-corrected chi connectivity index (χ1v) is 8.80. The van der Waals surface area contributed by atoms with E-state index in [0.29, 0.717) is 17.1 Å². The molecule has 152 valence electrons. The number of methoxy groups -OCH3 is 2. The van der Waals surface area contributed by atoms with Crippen molar-refractivity contribution in [2.75, 3.05) is 14.2 Å². The zero-order chi connectivity index (χ0) is 21.4. The SMILES string of the molecule is COc1ccc(-n2c(=O)oc3ccc(-c4ccc(F)cc4F)cc3c2=O)cc1OC. The van der Waals surface area contributed by atoms with Gasteiger partial charge >= 0.3 is 5.76 Å². The molecular formula is C22H15F2NO5. The standard InChI is InChI=1S/C22H15F2NO5/c1-28-19-8-5-14(11-20(19)29-2)25-21(26)16-9-12(3-7-18(16)30-22(25)27)15-6-4-13(23)10-17(15)24/h3-11H,1-2H3. The molecule has 0 bridgehead atoms. The molecule has 0 radical (unpaired) electrons. The van der Waals surface area contributed by atoms with Crippen LogP contribution in [0.5, 0.6) is 11.5 Å². The molecule has 0 aliphatic heterocycles. The van der Waals surface area contributed by atoms with Crippen molar-refractivity contribution < 1.29 is 22.7 Å². The first-order chi connectivity index (χ1) is 14.4. The highest BCUT2D eigenvalue weighted by molar-refractivity contribution is 5.82. The molecule has 0 amide bonds. The summed E-state index contributed by atoms with van der Waals surface area (Å²) in [6, 6.07) is 12.0. The van der Waals surface area contributed by atoms with Crippen molar-refractivity contribution in [1.82, 2.24) is 4.57 Å². The summed E-state index contributed by atoms with van der Waals surface area (Å²) in [5, 5.41) is 0.0607. The number of nitrogens with zero attached hydrogens (tertiary/aromatic N) is 1. The van der Waals surface area contributed by atoms with E-state index >= 15 is 0 Å². The predicted molar refractivity (Wildman–Crippen MR) is 107 cm³/mol. The summed E-state index contributed by atoms with van der Waals surface area (Å²) in [6.07, 6.45) is 0. The molecule has 0 saturated carbocycles. The fraction of sp³-hybridized carbons (Fsp3) is 0.0909. The van der Waals surface area contributed by atoms with Gasteiger partial charge in [-0.15, -0.1) is 0 Å². The summed E-state index contributed by atoms with van der Waals surface area (Å²) in [6.45, 7) is 0. The van der Waals surface area contributed by atoms with Gasteiger partial charge < -0.3 is 13.9 Å². The highest BCUT2D eigenvalue weighted by Crippen LogP contribution is 2.29. The molecule has 0 fully saturated rings. The van der Waals surface area contributed by atoms with Gasteiger partial charge in [-0.3, -0.25) is 4.79 Å². The van der Waals surface area contributed by atoms with Crippen molar-refractivity contribution >= 4 is 11.0 Å². The Labute approximate surface area is 168 Å². The normalized spacial score (nSPS) is 10.9. The van der Waals surface area contributed by atoms with Crippen LogP contribution in [0.15, 0.2) is 68.6 Å². The van der Waals surface area contributed by atoms with Gasteiger partial charge in [0.15, 0.2) is 11.5 Å². The molecule has 8 heteroatoms. The fourth-order valence-electron chi connectivity index (χ4n) is 3.21. The summed E-state index contributed by atoms with van der Waals surface area (Å²) < 4.78 is 43.9. The average Bonchev–Trinajstić information content (AvgIpc) is 2.73. The number of halogens is 2. The van der Waals surface area contributed by atoms with E-state index in [0.717, 1.165) is 16.7 Å². The van der Waals surface area contributed by atoms with Crippen LogP contribution in [-0.2, 0) is 0 Å². The number of hydrogen-bond donors (Lipinski definition) is 0. The molecule has 6 nitrogen and oxygen atoms in total. The van der Waals surface area contributed by atoms with Crippen molar-refractivity contribution in [3.05, 3.63) is 87.1 Å². The number of fused-ring (bicyclic) bond motifs is 1. The van der Waals surface area contributed by atoms with Gasteiger partial charge in [0.2, 0.25) is 0 Å². The summed E-state index contributed by atoms with van der Waals surface area (Å²) in [7, 11) is 2.89. The molecule has 0 atom stereocenters. The molecule has 0 N–H and O–H groups in total. The molecule has 1 heterocycles. The van der Waals surface area contributed by atoms with Crippen molar-refractivity contribution in [3.8, 4) is 28.3 Å². The maximum atomic E-state index is 14.2. The van der Waals surface area contributed by atoms with Crippen LogP contribution in [-0.4, -0.2) is 18.8 Å². The van der Waals surface area contributed by atoms with Crippen LogP contribution in [0.25, 0.3) is 27.8 Å². The number of rotatable bonds is 4. The molecule has 30 heavy (non-hydrogen) atoms. The molecular weight excluding hydrogens is 396 g/mol. The number of ether oxygens (including phenoxy) is 2. The summed E-state index contributed by atoms with van der Waals surface area (Å²) in [5.74, 6) is -1.62. The van der Waals surface area contributed by atoms with Crippen molar-refractivity contribution in [2.24, 2.45) is 0 Å². The molecule has 4 rings (SSSR count). The topological polar surface area (TPSA) is 70.7 Å². The Morgan fingerprint density at radius 1 is 0.867 bits per heavy atom. The van der Waals surface area contributed by atoms with Gasteiger partial charge in [0, 0.05) is 17.7 Å². The van der Waals surface area contributed by atoms with E-state index in [9.17, 15) is 18.4 Å². The first kappa shape index (κ1) is 19.4. The molecule has 0 unspecified atom stereocenters. The maximum absolute atomic E-state index is 14.2. The minimum absolute atomic E-state index is 0.0491. The third kappa shape index (κ3) is 3.22. The minimum atomic E-state index is -0.888. The Balaban J connectivity index is 1.94. The number of hydrogen-bond acceptors (Lipinski definition) is 5. The van der Waals surface area contributed by atoms with E-state index in [2.05, 4.69) is 0 Å². The third-order valence-corrected chi connectivity index (χ3v) is 4.66. The third-order valence-electron chi connectivity index (χ3n) is 4.66. The van der Waals surface area contributed by atoms with Gasteiger partial charge in [0.05, 0.1) is 25.3 Å². The Bertz CT molecular complexity index is 1390. The van der Waals surface area contributed by atoms with Crippen LogP contribution in [0.2, 0.25) is 0 Å². The Kier molecular flexibility index (Phi) is 4.83. The van der Waals surface area contributed by atoms with Gasteiger partial charge in [0.25, 0.3) is 5.56 Å². The van der Waals surface area contributed by atoms with Crippen LogP contribution in [0.3, 0.4) is 0 Å². The fourth-order valence-corrected chi connectivity index (χ4v) is 3.21. The summed E-state index contributed by atoms with van der Waals surface area (Å²) >= 11 is 0. The van der Waals surface area contributed by atoms with Crippen LogP contribution in [0.4, 0.5) is 8.78 Å². The highest BCUT2D eigenvalue weighted by atomic mass is 19.1. The van der Waals surface area contributed by atoms with Crippen LogP contribution in [0, 0.1) is 11.6 Å². The minimum Gasteiger partial charge on any atom is -0.493 e. The molecule has 1 aromatic heterocycles. The second kappa shape index (κ2) is 7.47. The molecule has 0 aliphatic carbocycles. The lowest BCUT2D eigenvalue weighted by Crippen LogP contribution is -2.31. The molecule has 0 saturated heterocycles. The van der Waals surface area contributed by atoms with E-state index in [-0.39, 0.29) is 22.2 Å². The average molecular weight is 411 g/mol. The van der Waals surface area contributed by atoms with Crippen LogP contribution in [0.1, 0.15) is 0 Å². The van der Waals surface area contributed by atoms with E-state index in [1.165, 1.54) is 50.6 Å². The van der Waals surface area contributed by atoms with Gasteiger partial charge in [-0.05, 0) is 42.0 Å². The van der Waals surface area contributed by atoms with Gasteiger partial charge in [-0.2, -0.15) is 0 Å². The molecule has 0 spiro atoms. The van der Waals surface area contributed by atoms with Crippen LogP contribution >= 0.6 is 0 Å². The van der Waals surface area contributed by atoms with Gasteiger partial charge in [-0.1, -0.05) is 6.07 Å². The lowest BCUT2D eigenvalue weighted by Gasteiger charge is -2.11. The van der Waals surface area contributed by atoms with E-state index in [4.69, 9.17) is 13.9 Å². The monoisotopic (exact) mass is 411 g/mol. The van der Waals surface area contributed by atoms with Crippen LogP contribution < -0.4 is 20.8 Å². The number of benzene rings is 3. The van der Waals surface area contributed by atoms with E-state index in [1.807, 2.05) is 0 Å². The van der Waals surface area contributed by atoms with Gasteiger partial charge in [-0.25, -0.2) is 18.1 Å². The summed E-state index contributed by atoms with van der Waals surface area (Å²) in [4.78, 5) is 25.6. The Morgan fingerprint density at radius 3 is 2.33 bits per heavy atom. The highest BCUT2D eigenvalue weighted by Gasteiger charge is 2.16. The number of aromatic nitrogens is 1. The maximum Gasteiger partial charge on any atom is 0.426 e. The first-order valence-electron chi connectivity index (χ1n) is 8.80. The predicted octanol–water partition coefficient (Wildman–Crippen LogP) is 3.91. The smallest absolute Gasteiger partial charge is 0.426 e. The summed E-state index contributed by atoms with van der Waals surface area (Å²) in [5.41, 5.74) is 0.0591. The van der Waals surface area contributed by atoms with Crippen molar-refractivity contribution in [1.29, 1.82) is 0 Å². The zero-order valence-corrected chi connectivity index (χ0v) is 15.9. The van der Waals surface area contributed by atoms with Gasteiger partial charge in [0.1, 0.15) is 17.2 Å². The quantitative estimate of drug-likeness (QED) is 0.509. The second-order valence-corrected chi connectivity index (χ2v) is 6.38. The Hall–Kier alpha value is -3.94. The van der Waals surface area contributed by atoms with E-state index < -0.39 is 22.9 Å². The molecule has 0 aliphatic rings. The molecule has 3 aromatic carbocycles. The largest absolute Gasteiger partial charge is 0.493 e. The lowest BCUT2D eigenvalue weighted by atomic mass is 10.0. The lowest BCUT2D eigenvalue weighted by molar-refractivity contribution is 0.354.